The van der Waals surface area contributed by atoms with Gasteiger partial charge in [0.05, 0.1) is 5.56 Å². The Morgan fingerprint density at radius 2 is 1.78 bits per heavy atom. The minimum atomic E-state index is -0.497. The van der Waals surface area contributed by atoms with Gasteiger partial charge in [-0.2, -0.15) is 0 Å². The number of benzene rings is 2. The van der Waals surface area contributed by atoms with Gasteiger partial charge in [0.2, 0.25) is 0 Å². The lowest BCUT2D eigenvalue weighted by Crippen LogP contribution is -2.06. The summed E-state index contributed by atoms with van der Waals surface area (Å²) in [6, 6.07) is 9.90. The van der Waals surface area contributed by atoms with E-state index in [0.717, 1.165) is 11.1 Å². The average molecular weight is 307 g/mol. The lowest BCUT2D eigenvalue weighted by atomic mass is 9.97. The van der Waals surface area contributed by atoms with Crippen molar-refractivity contribution in [1.82, 2.24) is 0 Å². The van der Waals surface area contributed by atoms with Gasteiger partial charge < -0.3 is 0 Å². The van der Waals surface area contributed by atoms with Crippen LogP contribution >= 0.6 is 15.9 Å². The quantitative estimate of drug-likeness (QED) is 0.750. The van der Waals surface area contributed by atoms with Gasteiger partial charge >= 0.3 is 0 Å². The molecule has 0 aromatic heterocycles. The largest absolute Gasteiger partial charge is 0.288 e. The highest BCUT2D eigenvalue weighted by molar-refractivity contribution is 9.10. The maximum atomic E-state index is 13.7. The molecule has 0 unspecified atom stereocenters. The molecular weight excluding hydrogens is 295 g/mol. The summed E-state index contributed by atoms with van der Waals surface area (Å²) in [6.45, 7) is 3.82. The first kappa shape index (κ1) is 13.0. The number of aryl methyl sites for hydroxylation is 2. The Morgan fingerprint density at radius 1 is 1.06 bits per heavy atom. The van der Waals surface area contributed by atoms with Crippen molar-refractivity contribution in [3.05, 3.63) is 68.9 Å². The zero-order valence-corrected chi connectivity index (χ0v) is 11.7. The molecule has 0 aliphatic rings. The molecule has 0 bridgehead atoms. The second kappa shape index (κ2) is 5.02. The summed E-state index contributed by atoms with van der Waals surface area (Å²) >= 11 is 3.25. The first-order chi connectivity index (χ1) is 8.49. The molecule has 0 atom stereocenters. The van der Waals surface area contributed by atoms with Crippen molar-refractivity contribution >= 4 is 21.7 Å². The van der Waals surface area contributed by atoms with Crippen LogP contribution in [0.2, 0.25) is 0 Å². The minimum absolute atomic E-state index is 0.0938. The third kappa shape index (κ3) is 2.51. The van der Waals surface area contributed by atoms with Crippen molar-refractivity contribution in [2.24, 2.45) is 0 Å². The molecule has 0 heterocycles. The highest BCUT2D eigenvalue weighted by Gasteiger charge is 2.16. The van der Waals surface area contributed by atoms with Gasteiger partial charge in [-0.3, -0.25) is 4.79 Å². The van der Waals surface area contributed by atoms with Gasteiger partial charge in [0.15, 0.2) is 5.78 Å². The molecule has 92 valence electrons. The predicted molar refractivity (Wildman–Crippen MR) is 73.4 cm³/mol. The molecule has 2 aromatic carbocycles. The molecule has 0 spiro atoms. The van der Waals surface area contributed by atoms with Gasteiger partial charge in [0.25, 0.3) is 0 Å². The average Bonchev–Trinajstić information content (AvgIpc) is 2.31. The molecular formula is C15H12BrFO. The highest BCUT2D eigenvalue weighted by atomic mass is 79.9. The molecule has 0 N–H and O–H groups in total. The Hall–Kier alpha value is -1.48. The van der Waals surface area contributed by atoms with Crippen molar-refractivity contribution in [2.75, 3.05) is 0 Å². The molecule has 0 amide bonds. The number of carbonyl (C=O) groups excluding carboxylic acids is 1. The number of hydrogen-bond donors (Lipinski definition) is 0. The Bertz CT molecular complexity index is 620. The summed E-state index contributed by atoms with van der Waals surface area (Å²) in [7, 11) is 0. The molecule has 0 fully saturated rings. The van der Waals surface area contributed by atoms with Gasteiger partial charge in [-0.1, -0.05) is 39.7 Å². The topological polar surface area (TPSA) is 17.1 Å². The molecule has 2 rings (SSSR count). The van der Waals surface area contributed by atoms with Crippen molar-refractivity contribution in [3.63, 3.8) is 0 Å². The van der Waals surface area contributed by atoms with E-state index in [9.17, 15) is 9.18 Å². The van der Waals surface area contributed by atoms with E-state index in [1.807, 2.05) is 26.0 Å². The monoisotopic (exact) mass is 306 g/mol. The zero-order valence-electron chi connectivity index (χ0n) is 10.1. The molecule has 0 saturated heterocycles. The number of hydrogen-bond acceptors (Lipinski definition) is 1. The normalized spacial score (nSPS) is 10.4. The summed E-state index contributed by atoms with van der Waals surface area (Å²) < 4.78 is 14.4. The number of ketones is 1. The van der Waals surface area contributed by atoms with Gasteiger partial charge in [0, 0.05) is 10.0 Å². The molecule has 2 aromatic rings. The van der Waals surface area contributed by atoms with Crippen molar-refractivity contribution in [2.45, 2.75) is 13.8 Å². The Balaban J connectivity index is 2.51. The summed E-state index contributed by atoms with van der Waals surface area (Å²) in [6.07, 6.45) is 0. The third-order valence-corrected chi connectivity index (χ3v) is 3.29. The van der Waals surface area contributed by atoms with Gasteiger partial charge in [0.1, 0.15) is 5.82 Å². The van der Waals surface area contributed by atoms with Crippen LogP contribution in [0.5, 0.6) is 0 Å². The van der Waals surface area contributed by atoms with Crippen LogP contribution < -0.4 is 0 Å². The molecule has 0 radical (unpaired) electrons. The summed E-state index contributed by atoms with van der Waals surface area (Å²) in [5.74, 6) is -0.783. The molecule has 1 nitrogen and oxygen atoms in total. The maximum absolute atomic E-state index is 13.7. The van der Waals surface area contributed by atoms with Crippen LogP contribution in [0.3, 0.4) is 0 Å². The fourth-order valence-corrected chi connectivity index (χ4v) is 2.25. The van der Waals surface area contributed by atoms with Crippen molar-refractivity contribution in [1.29, 1.82) is 0 Å². The SMILES string of the molecule is Cc1ccc(C(=O)c2cc(Br)ccc2F)c(C)c1. The Labute approximate surface area is 114 Å². The van der Waals surface area contributed by atoms with E-state index in [1.54, 1.807) is 12.1 Å². The van der Waals surface area contributed by atoms with E-state index in [1.165, 1.54) is 12.1 Å². The predicted octanol–water partition coefficient (Wildman–Crippen LogP) is 4.44. The molecule has 3 heteroatoms. The van der Waals surface area contributed by atoms with E-state index in [4.69, 9.17) is 0 Å². The Kier molecular flexibility index (Phi) is 3.62. The van der Waals surface area contributed by atoms with Gasteiger partial charge in [-0.25, -0.2) is 4.39 Å². The first-order valence-corrected chi connectivity index (χ1v) is 6.35. The van der Waals surface area contributed by atoms with Crippen LogP contribution in [0.25, 0.3) is 0 Å². The summed E-state index contributed by atoms with van der Waals surface area (Å²) in [5.41, 5.74) is 2.58. The Morgan fingerprint density at radius 3 is 2.44 bits per heavy atom. The van der Waals surface area contributed by atoms with E-state index in [0.29, 0.717) is 10.0 Å². The van der Waals surface area contributed by atoms with Crippen LogP contribution in [0, 0.1) is 19.7 Å². The van der Waals surface area contributed by atoms with Crippen LogP contribution in [0.15, 0.2) is 40.9 Å². The zero-order chi connectivity index (χ0) is 13.3. The third-order valence-electron chi connectivity index (χ3n) is 2.80. The summed E-state index contributed by atoms with van der Waals surface area (Å²) in [4.78, 5) is 12.3. The van der Waals surface area contributed by atoms with Crippen LogP contribution in [-0.4, -0.2) is 5.78 Å². The number of carbonyl (C=O) groups is 1. The number of halogens is 2. The van der Waals surface area contributed by atoms with Crippen LogP contribution in [-0.2, 0) is 0 Å². The number of rotatable bonds is 2. The molecule has 18 heavy (non-hydrogen) atoms. The van der Waals surface area contributed by atoms with Crippen LogP contribution in [0.1, 0.15) is 27.0 Å². The van der Waals surface area contributed by atoms with E-state index in [2.05, 4.69) is 15.9 Å². The van der Waals surface area contributed by atoms with Crippen LogP contribution in [0.4, 0.5) is 4.39 Å². The lowest BCUT2D eigenvalue weighted by Gasteiger charge is -2.07. The van der Waals surface area contributed by atoms with Gasteiger partial charge in [-0.05, 0) is 37.6 Å². The molecule has 0 aliphatic heterocycles. The standard InChI is InChI=1S/C15H12BrFO/c1-9-3-5-12(10(2)7-9)15(18)13-8-11(16)4-6-14(13)17/h3-8H,1-2H3. The first-order valence-electron chi connectivity index (χ1n) is 5.56. The summed E-state index contributed by atoms with van der Waals surface area (Å²) in [5, 5.41) is 0. The molecule has 0 aliphatic carbocycles. The van der Waals surface area contributed by atoms with E-state index < -0.39 is 5.82 Å². The van der Waals surface area contributed by atoms with Gasteiger partial charge in [-0.15, -0.1) is 0 Å². The minimum Gasteiger partial charge on any atom is -0.288 e. The fraction of sp³-hybridized carbons (Fsp3) is 0.133. The lowest BCUT2D eigenvalue weighted by molar-refractivity contribution is 0.103. The van der Waals surface area contributed by atoms with Crippen molar-refractivity contribution < 1.29 is 9.18 Å². The van der Waals surface area contributed by atoms with Crippen molar-refractivity contribution in [3.8, 4) is 0 Å². The molecule has 0 saturated carbocycles. The van der Waals surface area contributed by atoms with E-state index in [-0.39, 0.29) is 11.3 Å². The second-order valence-electron chi connectivity index (χ2n) is 4.27. The highest BCUT2D eigenvalue weighted by Crippen LogP contribution is 2.21. The second-order valence-corrected chi connectivity index (χ2v) is 5.19. The smallest absolute Gasteiger partial charge is 0.196 e. The maximum Gasteiger partial charge on any atom is 0.196 e. The van der Waals surface area contributed by atoms with E-state index >= 15 is 0 Å². The fourth-order valence-electron chi connectivity index (χ4n) is 1.88.